The van der Waals surface area contributed by atoms with Crippen LogP contribution in [0.25, 0.3) is 0 Å². The fraction of sp³-hybridized carbons (Fsp3) is 0.261. The minimum atomic E-state index is -4.36. The van der Waals surface area contributed by atoms with Crippen LogP contribution in [0.5, 0.6) is 11.5 Å². The second-order valence-corrected chi connectivity index (χ2v) is 7.15. The number of ether oxygens (including phenoxy) is 2. The third kappa shape index (κ3) is 6.44. The number of benzene rings is 2. The van der Waals surface area contributed by atoms with Gasteiger partial charge in [0.25, 0.3) is 0 Å². The van der Waals surface area contributed by atoms with E-state index in [0.717, 1.165) is 22.6 Å². The van der Waals surface area contributed by atoms with Crippen molar-refractivity contribution in [2.75, 3.05) is 36.7 Å². The van der Waals surface area contributed by atoms with Gasteiger partial charge in [-0.15, -0.1) is 0 Å². The zero-order valence-electron chi connectivity index (χ0n) is 17.8. The molecular weight excluding hydrogens is 421 g/mol. The minimum absolute atomic E-state index is 0.145. The summed E-state index contributed by atoms with van der Waals surface area (Å²) in [6, 6.07) is 16.7. The number of nitrogens with two attached hydrogens (primary N) is 1. The average Bonchev–Trinajstić information content (AvgIpc) is 2.78. The molecule has 32 heavy (non-hydrogen) atoms. The van der Waals surface area contributed by atoms with Crippen LogP contribution < -0.4 is 25.4 Å². The smallest absolute Gasteiger partial charge is 0.405 e. The predicted molar refractivity (Wildman–Crippen MR) is 119 cm³/mol. The molecule has 0 aliphatic rings. The number of methoxy groups -OCH3 is 2. The largest absolute Gasteiger partial charge is 0.497 e. The molecule has 0 bridgehead atoms. The number of rotatable bonds is 9. The second-order valence-electron chi connectivity index (χ2n) is 7.15. The summed E-state index contributed by atoms with van der Waals surface area (Å²) in [7, 11) is 3.19. The molecule has 0 aliphatic carbocycles. The van der Waals surface area contributed by atoms with Gasteiger partial charge in [-0.3, -0.25) is 0 Å². The number of aromatic nitrogens is 1. The average molecular weight is 446 g/mol. The van der Waals surface area contributed by atoms with E-state index < -0.39 is 12.7 Å². The first-order valence-electron chi connectivity index (χ1n) is 9.84. The van der Waals surface area contributed by atoms with Gasteiger partial charge in [-0.1, -0.05) is 24.3 Å². The van der Waals surface area contributed by atoms with E-state index >= 15 is 0 Å². The first kappa shape index (κ1) is 23.1. The van der Waals surface area contributed by atoms with Gasteiger partial charge in [0.15, 0.2) is 0 Å². The molecule has 0 unspecified atom stereocenters. The maximum Gasteiger partial charge on any atom is 0.405 e. The molecule has 1 heterocycles. The van der Waals surface area contributed by atoms with Crippen molar-refractivity contribution < 1.29 is 22.6 Å². The van der Waals surface area contributed by atoms with E-state index in [0.29, 0.717) is 18.9 Å². The molecule has 3 aromatic rings. The lowest BCUT2D eigenvalue weighted by Gasteiger charge is -2.25. The molecule has 0 atom stereocenters. The van der Waals surface area contributed by atoms with Crippen LogP contribution in [0.2, 0.25) is 0 Å². The highest BCUT2D eigenvalue weighted by molar-refractivity contribution is 5.69. The zero-order valence-corrected chi connectivity index (χ0v) is 17.8. The first-order chi connectivity index (χ1) is 15.3. The Labute approximate surface area is 184 Å². The van der Waals surface area contributed by atoms with Crippen molar-refractivity contribution in [1.82, 2.24) is 4.98 Å². The molecule has 0 radical (unpaired) electrons. The lowest BCUT2D eigenvalue weighted by Crippen LogP contribution is -2.24. The minimum Gasteiger partial charge on any atom is -0.497 e. The number of nitrogens with zero attached hydrogens (tertiary/aromatic N) is 2. The summed E-state index contributed by atoms with van der Waals surface area (Å²) in [5.74, 6) is 1.97. The zero-order chi connectivity index (χ0) is 23.1. The first-order valence-corrected chi connectivity index (χ1v) is 9.84. The van der Waals surface area contributed by atoms with Gasteiger partial charge in [0, 0.05) is 19.2 Å². The quantitative estimate of drug-likeness (QED) is 0.489. The third-order valence-electron chi connectivity index (χ3n) is 4.79. The van der Waals surface area contributed by atoms with Crippen LogP contribution >= 0.6 is 0 Å². The SMILES string of the molecule is COc1ccc(CN(Cc2ccc(OC)cc2)c2cc(NCC(F)(F)F)c(N)cn2)cc1. The molecule has 1 aromatic heterocycles. The number of halogens is 3. The van der Waals surface area contributed by atoms with E-state index in [-0.39, 0.29) is 11.4 Å². The molecule has 2 aromatic carbocycles. The molecule has 0 fully saturated rings. The Morgan fingerprint density at radius 1 is 0.906 bits per heavy atom. The van der Waals surface area contributed by atoms with Crippen LogP contribution in [0.1, 0.15) is 11.1 Å². The number of hydrogen-bond acceptors (Lipinski definition) is 6. The summed E-state index contributed by atoms with van der Waals surface area (Å²) >= 11 is 0. The van der Waals surface area contributed by atoms with Crippen molar-refractivity contribution in [1.29, 1.82) is 0 Å². The molecular formula is C23H25F3N4O2. The van der Waals surface area contributed by atoms with Crippen molar-refractivity contribution >= 4 is 17.2 Å². The van der Waals surface area contributed by atoms with E-state index in [1.54, 1.807) is 14.2 Å². The summed E-state index contributed by atoms with van der Waals surface area (Å²) in [6.45, 7) is -0.227. The topological polar surface area (TPSA) is 72.6 Å². The van der Waals surface area contributed by atoms with Gasteiger partial charge >= 0.3 is 6.18 Å². The molecule has 0 saturated carbocycles. The van der Waals surface area contributed by atoms with E-state index in [2.05, 4.69) is 10.3 Å². The highest BCUT2D eigenvalue weighted by Crippen LogP contribution is 2.27. The standard InChI is InChI=1S/C23H25F3N4O2/c1-31-18-7-3-16(4-8-18)13-30(14-17-5-9-19(32-2)10-6-17)22-11-21(20(27)12-28-22)29-15-23(24,25)26/h3-12H,13-15,27H2,1-2H3,(H,28,29). The van der Waals surface area contributed by atoms with Crippen LogP contribution in [0, 0.1) is 0 Å². The van der Waals surface area contributed by atoms with E-state index in [9.17, 15) is 13.2 Å². The number of nitrogen functional groups attached to an aromatic ring is 1. The van der Waals surface area contributed by atoms with Gasteiger partial charge in [0.2, 0.25) is 0 Å². The molecule has 6 nitrogen and oxygen atoms in total. The Kier molecular flexibility index (Phi) is 7.29. The van der Waals surface area contributed by atoms with Gasteiger partial charge in [-0.05, 0) is 35.4 Å². The van der Waals surface area contributed by atoms with Crippen molar-refractivity contribution in [2.45, 2.75) is 19.3 Å². The molecule has 0 amide bonds. The van der Waals surface area contributed by atoms with Crippen LogP contribution in [-0.4, -0.2) is 31.9 Å². The Morgan fingerprint density at radius 2 is 1.41 bits per heavy atom. The fourth-order valence-electron chi connectivity index (χ4n) is 3.10. The number of nitrogens with one attached hydrogen (secondary N) is 1. The van der Waals surface area contributed by atoms with Gasteiger partial charge in [-0.25, -0.2) is 4.98 Å². The molecule has 9 heteroatoms. The van der Waals surface area contributed by atoms with Crippen molar-refractivity contribution in [3.05, 3.63) is 71.9 Å². The fourth-order valence-corrected chi connectivity index (χ4v) is 3.10. The van der Waals surface area contributed by atoms with Gasteiger partial charge in [-0.2, -0.15) is 13.2 Å². The summed E-state index contributed by atoms with van der Waals surface area (Å²) < 4.78 is 48.5. The third-order valence-corrected chi connectivity index (χ3v) is 4.79. The molecule has 0 aliphatic heterocycles. The predicted octanol–water partition coefficient (Wildman–Crippen LogP) is 4.86. The van der Waals surface area contributed by atoms with Crippen LogP contribution in [0.15, 0.2) is 60.8 Å². The lowest BCUT2D eigenvalue weighted by atomic mass is 10.1. The van der Waals surface area contributed by atoms with Crippen LogP contribution in [-0.2, 0) is 13.1 Å². The van der Waals surface area contributed by atoms with E-state index in [1.807, 2.05) is 53.4 Å². The summed E-state index contributed by atoms with van der Waals surface area (Å²) in [5, 5.41) is 2.36. The van der Waals surface area contributed by atoms with E-state index in [1.165, 1.54) is 12.3 Å². The van der Waals surface area contributed by atoms with Gasteiger partial charge in [0.1, 0.15) is 23.9 Å². The Hall–Kier alpha value is -3.62. The van der Waals surface area contributed by atoms with Crippen molar-refractivity contribution in [3.63, 3.8) is 0 Å². The van der Waals surface area contributed by atoms with Crippen molar-refractivity contribution in [3.8, 4) is 11.5 Å². The van der Waals surface area contributed by atoms with E-state index in [4.69, 9.17) is 15.2 Å². The maximum atomic E-state index is 12.7. The number of hydrogen-bond donors (Lipinski definition) is 2. The Bertz CT molecular complexity index is 960. The van der Waals surface area contributed by atoms with Gasteiger partial charge in [0.05, 0.1) is 31.8 Å². The number of pyridine rings is 1. The monoisotopic (exact) mass is 446 g/mol. The molecule has 170 valence electrons. The summed E-state index contributed by atoms with van der Waals surface area (Å²) in [5.41, 5.74) is 8.15. The molecule has 0 saturated heterocycles. The van der Waals surface area contributed by atoms with Crippen LogP contribution in [0.3, 0.4) is 0 Å². The molecule has 3 N–H and O–H groups in total. The Balaban J connectivity index is 1.89. The summed E-state index contributed by atoms with van der Waals surface area (Å²) in [6.07, 6.45) is -3.00. The maximum absolute atomic E-state index is 12.7. The Morgan fingerprint density at radius 3 is 1.84 bits per heavy atom. The summed E-state index contributed by atoms with van der Waals surface area (Å²) in [4.78, 5) is 6.33. The normalized spacial score (nSPS) is 11.2. The van der Waals surface area contributed by atoms with Gasteiger partial charge < -0.3 is 25.4 Å². The van der Waals surface area contributed by atoms with Crippen LogP contribution in [0.4, 0.5) is 30.4 Å². The van der Waals surface area contributed by atoms with Crippen molar-refractivity contribution in [2.24, 2.45) is 0 Å². The number of anilines is 3. The lowest BCUT2D eigenvalue weighted by molar-refractivity contribution is -0.115. The highest BCUT2D eigenvalue weighted by Gasteiger charge is 2.27. The number of alkyl halides is 3. The highest BCUT2D eigenvalue weighted by atomic mass is 19.4. The second kappa shape index (κ2) is 10.1. The molecule has 0 spiro atoms. The molecule has 3 rings (SSSR count).